The lowest BCUT2D eigenvalue weighted by Crippen LogP contribution is -2.64. The topological polar surface area (TPSA) is 167 Å². The van der Waals surface area contributed by atoms with Gasteiger partial charge in [0.15, 0.2) is 11.9 Å². The highest BCUT2D eigenvalue weighted by Crippen LogP contribution is 2.61. The van der Waals surface area contributed by atoms with Gasteiger partial charge in [-0.2, -0.15) is 0 Å². The van der Waals surface area contributed by atoms with Gasteiger partial charge in [0.05, 0.1) is 59.2 Å². The summed E-state index contributed by atoms with van der Waals surface area (Å²) >= 11 is 0. The zero-order valence-electron chi connectivity index (χ0n) is 41.3. The fourth-order valence-corrected chi connectivity index (χ4v) is 15.2. The predicted octanol–water partition coefficient (Wildman–Crippen LogP) is 8.96. The van der Waals surface area contributed by atoms with Crippen molar-refractivity contribution in [2.75, 3.05) is 0 Å². The Balaban J connectivity index is 1.04. The number of aliphatic hydroxyl groups excluding tert-OH is 1. The number of ether oxygens (including phenoxy) is 6. The first-order chi connectivity index (χ1) is 30.6. The maximum Gasteiger partial charge on any atom is 0.312 e. The minimum atomic E-state index is -1.39. The molecule has 5 heterocycles. The second-order valence-corrected chi connectivity index (χ2v) is 23.5. The number of aliphatic hydroxyl groups is 2. The summed E-state index contributed by atoms with van der Waals surface area (Å²) in [6, 6.07) is 0. The van der Waals surface area contributed by atoms with E-state index in [1.807, 2.05) is 46.8 Å². The van der Waals surface area contributed by atoms with Crippen molar-refractivity contribution in [3.63, 3.8) is 0 Å². The molecule has 12 nitrogen and oxygen atoms in total. The minimum absolute atomic E-state index is 0.0143. The van der Waals surface area contributed by atoms with Crippen molar-refractivity contribution >= 4 is 17.7 Å². The van der Waals surface area contributed by atoms with Gasteiger partial charge in [-0.3, -0.25) is 14.4 Å². The number of rotatable bonds is 14. The van der Waals surface area contributed by atoms with Crippen LogP contribution in [0.1, 0.15) is 172 Å². The van der Waals surface area contributed by atoms with Crippen LogP contribution >= 0.6 is 0 Å². The second kappa shape index (κ2) is 18.4. The second-order valence-electron chi connectivity index (χ2n) is 23.5. The molecule has 18 atom stereocenters. The Morgan fingerprint density at radius 2 is 1.45 bits per heavy atom. The molecule has 0 amide bonds. The van der Waals surface area contributed by atoms with Crippen molar-refractivity contribution in [3.05, 3.63) is 12.2 Å². The summed E-state index contributed by atoms with van der Waals surface area (Å²) in [5, 5.41) is 33.2. The van der Waals surface area contributed by atoms with Gasteiger partial charge in [0.2, 0.25) is 5.79 Å². The molecule has 65 heavy (non-hydrogen) atoms. The minimum Gasteiger partial charge on any atom is -0.481 e. The van der Waals surface area contributed by atoms with Crippen molar-refractivity contribution in [1.82, 2.24) is 0 Å². The Kier molecular flexibility index (Phi) is 14.0. The van der Waals surface area contributed by atoms with Crippen LogP contribution in [0.25, 0.3) is 0 Å². The molecule has 5 aliphatic heterocycles. The van der Waals surface area contributed by atoms with E-state index in [1.165, 1.54) is 19.3 Å². The van der Waals surface area contributed by atoms with Gasteiger partial charge in [0.1, 0.15) is 5.78 Å². The van der Waals surface area contributed by atoms with Crippen LogP contribution in [0.4, 0.5) is 0 Å². The standard InChI is InChI=1S/C53H84O12/c1-11-38(47(56)57)40-15-14-29(4)45(61-40)33(8)43(54)32(7)44(55)39(12-2)46-30(5)22-31(6)52(63-46)19-17-42(62-48(58)50-26-35-23-36(27-50)25-37(24-35)28-50)53(65-52)21-20-49(10,64-53)41-16-18-51(59,13-3)34(9)60-41/h17,19,29-43,45-46,54,59H,11-16,18,20-28H2,1-10H3,(H,56,57)/t29-,30-,31+,32-,33-,34-,35?,36?,37?,38+,39-,40+,41+,42-,43+,45+,46-,49-,50?,51+,52-,53-/m0/s1. The first kappa shape index (κ1) is 49.5. The average molecular weight is 913 g/mol. The van der Waals surface area contributed by atoms with Crippen molar-refractivity contribution in [1.29, 1.82) is 0 Å². The Labute approximate surface area is 389 Å². The lowest BCUT2D eigenvalue weighted by atomic mass is 9.49. The lowest BCUT2D eigenvalue weighted by Gasteiger charge is -2.56. The van der Waals surface area contributed by atoms with Crippen molar-refractivity contribution in [3.8, 4) is 0 Å². The van der Waals surface area contributed by atoms with Gasteiger partial charge in [0, 0.05) is 30.1 Å². The van der Waals surface area contributed by atoms with Crippen molar-refractivity contribution < 1.29 is 58.1 Å². The molecule has 12 heteroatoms. The van der Waals surface area contributed by atoms with Crippen molar-refractivity contribution in [2.45, 2.75) is 237 Å². The Hall–Kier alpha value is -1.93. The summed E-state index contributed by atoms with van der Waals surface area (Å²) in [4.78, 5) is 41.5. The number of carbonyl (C=O) groups is 3. The van der Waals surface area contributed by atoms with Crippen LogP contribution in [0.5, 0.6) is 0 Å². The number of carbonyl (C=O) groups excluding carboxylic acids is 2. The summed E-state index contributed by atoms with van der Waals surface area (Å²) in [7, 11) is 0. The molecule has 4 saturated heterocycles. The molecule has 0 radical (unpaired) electrons. The molecular formula is C53H84O12. The predicted molar refractivity (Wildman–Crippen MR) is 243 cm³/mol. The molecule has 4 saturated carbocycles. The van der Waals surface area contributed by atoms with E-state index in [0.717, 1.165) is 25.7 Å². The number of carboxylic acids is 1. The van der Waals surface area contributed by atoms with Crippen LogP contribution in [0.3, 0.4) is 0 Å². The van der Waals surface area contributed by atoms with E-state index < -0.39 is 82.2 Å². The van der Waals surface area contributed by atoms with Gasteiger partial charge in [-0.1, -0.05) is 55.4 Å². The number of carboxylic acid groups (broad SMARTS) is 1. The van der Waals surface area contributed by atoms with E-state index in [1.54, 1.807) is 6.92 Å². The largest absolute Gasteiger partial charge is 0.481 e. The number of hydrogen-bond acceptors (Lipinski definition) is 11. The van der Waals surface area contributed by atoms with Crippen LogP contribution in [0.2, 0.25) is 0 Å². The normalized spacial score (nSPS) is 48.2. The van der Waals surface area contributed by atoms with E-state index in [0.29, 0.717) is 75.5 Å². The third-order valence-corrected chi connectivity index (χ3v) is 19.1. The molecule has 4 aliphatic carbocycles. The number of esters is 1. The Morgan fingerprint density at radius 3 is 2.03 bits per heavy atom. The van der Waals surface area contributed by atoms with Gasteiger partial charge in [-0.15, -0.1) is 0 Å². The van der Waals surface area contributed by atoms with Crippen LogP contribution in [-0.2, 0) is 42.8 Å². The van der Waals surface area contributed by atoms with Gasteiger partial charge in [-0.25, -0.2) is 0 Å². The molecular weight excluding hydrogens is 829 g/mol. The zero-order valence-corrected chi connectivity index (χ0v) is 41.3. The smallest absolute Gasteiger partial charge is 0.312 e. The summed E-state index contributed by atoms with van der Waals surface area (Å²) < 4.78 is 41.8. The number of hydrogen-bond donors (Lipinski definition) is 3. The van der Waals surface area contributed by atoms with E-state index in [2.05, 4.69) is 27.7 Å². The molecule has 4 bridgehead atoms. The third-order valence-electron chi connectivity index (χ3n) is 19.1. The SMILES string of the molecule is CC[C@@H](C(=O)[C@@H](C)[C@@H](O)[C@H](C)[C@@H]1O[C@@H]([C@@H](CC)C(=O)O)CC[C@@H]1C)[C@H]1O[C@]2(C=C[C@H](OC(=O)C34CC5CC(CC(C5)C3)C4)[C@]3(CC[C@@](C)([C@H]4CC[C@](O)(CC)[C@H](C)O4)O3)O2)[C@H](C)C[C@@H]1C. The van der Waals surface area contributed by atoms with Gasteiger partial charge < -0.3 is 43.7 Å². The Bertz CT molecular complexity index is 1750. The Morgan fingerprint density at radius 1 is 0.800 bits per heavy atom. The van der Waals surface area contributed by atoms with Crippen LogP contribution in [0, 0.1) is 64.6 Å². The number of aliphatic carboxylic acids is 1. The van der Waals surface area contributed by atoms with E-state index in [-0.39, 0.29) is 47.8 Å². The van der Waals surface area contributed by atoms with E-state index >= 15 is 0 Å². The summed E-state index contributed by atoms with van der Waals surface area (Å²) in [5.74, 6) is -4.42. The zero-order chi connectivity index (χ0) is 47.0. The van der Waals surface area contributed by atoms with Gasteiger partial charge in [0.25, 0.3) is 0 Å². The molecule has 3 N–H and O–H groups in total. The maximum atomic E-state index is 14.8. The first-order valence-electron chi connectivity index (χ1n) is 26.1. The lowest BCUT2D eigenvalue weighted by molar-refractivity contribution is -0.409. The third kappa shape index (κ3) is 8.85. The van der Waals surface area contributed by atoms with Crippen LogP contribution < -0.4 is 0 Å². The molecule has 0 aromatic carbocycles. The molecule has 0 unspecified atom stereocenters. The van der Waals surface area contributed by atoms with E-state index in [9.17, 15) is 29.7 Å². The summed E-state index contributed by atoms with van der Waals surface area (Å²) in [5.41, 5.74) is -2.19. The van der Waals surface area contributed by atoms with E-state index in [4.69, 9.17) is 28.4 Å². The first-order valence-corrected chi connectivity index (χ1v) is 26.1. The van der Waals surface area contributed by atoms with Crippen molar-refractivity contribution in [2.24, 2.45) is 64.6 Å². The highest BCUT2D eigenvalue weighted by atomic mass is 16.8. The molecule has 2 spiro atoms. The quantitative estimate of drug-likeness (QED) is 0.112. The number of Topliss-reactive ketones (excluding diaryl/α,β-unsaturated/α-hetero) is 1. The molecule has 0 aromatic rings. The maximum absolute atomic E-state index is 14.8. The molecule has 368 valence electrons. The highest BCUT2D eigenvalue weighted by Gasteiger charge is 2.65. The van der Waals surface area contributed by atoms with Crippen LogP contribution in [0.15, 0.2) is 12.2 Å². The molecule has 8 fully saturated rings. The molecule has 0 aromatic heterocycles. The average Bonchev–Trinajstić information content (AvgIpc) is 3.60. The number of ketones is 1. The molecule has 9 rings (SSSR count). The summed E-state index contributed by atoms with van der Waals surface area (Å²) in [6.07, 6.45) is 12.2. The van der Waals surface area contributed by atoms with Gasteiger partial charge in [-0.05, 0) is 152 Å². The van der Waals surface area contributed by atoms with Crippen LogP contribution in [-0.4, -0.2) is 98.5 Å². The van der Waals surface area contributed by atoms with Gasteiger partial charge >= 0.3 is 11.9 Å². The fraction of sp³-hybridized carbons (Fsp3) is 0.906. The monoisotopic (exact) mass is 913 g/mol. The fourth-order valence-electron chi connectivity index (χ4n) is 15.2. The molecule has 9 aliphatic rings. The highest BCUT2D eigenvalue weighted by molar-refractivity contribution is 5.84. The summed E-state index contributed by atoms with van der Waals surface area (Å²) in [6.45, 7) is 19.9.